The number of rotatable bonds is 6. The minimum atomic E-state index is -0.494. The maximum Gasteiger partial charge on any atom is 0.269 e. The van der Waals surface area contributed by atoms with Crippen molar-refractivity contribution in [2.75, 3.05) is 26.2 Å². The fourth-order valence-corrected chi connectivity index (χ4v) is 2.61. The van der Waals surface area contributed by atoms with E-state index in [0.29, 0.717) is 12.1 Å². The van der Waals surface area contributed by atoms with Crippen molar-refractivity contribution in [1.29, 1.82) is 5.26 Å². The van der Waals surface area contributed by atoms with Gasteiger partial charge in [0.1, 0.15) is 11.6 Å². The largest absolute Gasteiger partial charge is 0.350 e. The number of amides is 1. The van der Waals surface area contributed by atoms with Gasteiger partial charge in [0.2, 0.25) is 0 Å². The molecule has 0 unspecified atom stereocenters. The average Bonchev–Trinajstić information content (AvgIpc) is 2.60. The van der Waals surface area contributed by atoms with Crippen LogP contribution in [0.5, 0.6) is 0 Å². The van der Waals surface area contributed by atoms with Gasteiger partial charge in [-0.3, -0.25) is 14.9 Å². The van der Waals surface area contributed by atoms with Gasteiger partial charge in [0.15, 0.2) is 0 Å². The predicted octanol–water partition coefficient (Wildman–Crippen LogP) is 2.10. The van der Waals surface area contributed by atoms with Gasteiger partial charge in [0.05, 0.1) is 4.92 Å². The van der Waals surface area contributed by atoms with E-state index < -0.39 is 10.8 Å². The summed E-state index contributed by atoms with van der Waals surface area (Å²) >= 11 is 0. The molecule has 1 aromatic carbocycles. The topological polar surface area (TPSA) is 99.3 Å². The number of carbonyl (C=O) groups is 1. The maximum atomic E-state index is 12.1. The number of carbonyl (C=O) groups excluding carboxylic acids is 1. The smallest absolute Gasteiger partial charge is 0.269 e. The highest BCUT2D eigenvalue weighted by Gasteiger charge is 2.12. The van der Waals surface area contributed by atoms with Crippen molar-refractivity contribution in [2.24, 2.45) is 0 Å². The van der Waals surface area contributed by atoms with Gasteiger partial charge >= 0.3 is 0 Å². The molecule has 24 heavy (non-hydrogen) atoms. The molecule has 1 amide bonds. The molecule has 1 saturated heterocycles. The first-order valence-electron chi connectivity index (χ1n) is 7.97. The van der Waals surface area contributed by atoms with Crippen LogP contribution in [-0.4, -0.2) is 41.9 Å². The van der Waals surface area contributed by atoms with Crippen molar-refractivity contribution >= 4 is 17.7 Å². The molecule has 1 aromatic rings. The van der Waals surface area contributed by atoms with Crippen LogP contribution in [0.15, 0.2) is 29.8 Å². The summed E-state index contributed by atoms with van der Waals surface area (Å²) in [4.78, 5) is 24.5. The second-order valence-corrected chi connectivity index (χ2v) is 5.68. The third-order valence-electron chi connectivity index (χ3n) is 3.94. The van der Waals surface area contributed by atoms with Crippen molar-refractivity contribution in [2.45, 2.75) is 19.3 Å². The zero-order valence-electron chi connectivity index (χ0n) is 13.4. The third kappa shape index (κ3) is 5.18. The Bertz CT molecular complexity index is 655. The Kier molecular flexibility index (Phi) is 6.46. The Morgan fingerprint density at radius 3 is 2.54 bits per heavy atom. The van der Waals surface area contributed by atoms with Gasteiger partial charge < -0.3 is 10.2 Å². The summed E-state index contributed by atoms with van der Waals surface area (Å²) in [5.74, 6) is -0.423. The first-order valence-corrected chi connectivity index (χ1v) is 7.97. The van der Waals surface area contributed by atoms with E-state index in [9.17, 15) is 14.9 Å². The van der Waals surface area contributed by atoms with Crippen LogP contribution in [0.4, 0.5) is 5.69 Å². The standard InChI is InChI=1S/C17H20N4O3/c18-13-15(12-14-4-6-16(7-5-14)21(23)24)17(22)19-8-11-20-9-2-1-3-10-20/h4-7,12H,1-3,8-11H2,(H,19,22). The Morgan fingerprint density at radius 1 is 1.29 bits per heavy atom. The zero-order chi connectivity index (χ0) is 17.4. The summed E-state index contributed by atoms with van der Waals surface area (Å²) in [7, 11) is 0. The van der Waals surface area contributed by atoms with Crippen molar-refractivity contribution < 1.29 is 9.72 Å². The number of piperidine rings is 1. The summed E-state index contributed by atoms with van der Waals surface area (Å²) in [6, 6.07) is 7.58. The molecule has 1 N–H and O–H groups in total. The van der Waals surface area contributed by atoms with Crippen LogP contribution >= 0.6 is 0 Å². The van der Waals surface area contributed by atoms with Crippen LogP contribution in [0.3, 0.4) is 0 Å². The van der Waals surface area contributed by atoms with E-state index in [4.69, 9.17) is 5.26 Å². The molecule has 7 heteroatoms. The Morgan fingerprint density at radius 2 is 1.96 bits per heavy atom. The van der Waals surface area contributed by atoms with E-state index in [2.05, 4.69) is 10.2 Å². The minimum absolute atomic E-state index is 0.0116. The quantitative estimate of drug-likeness (QED) is 0.373. The molecule has 0 spiro atoms. The highest BCUT2D eigenvalue weighted by molar-refractivity contribution is 6.01. The number of nitriles is 1. The molecule has 1 aliphatic heterocycles. The number of nitrogens with zero attached hydrogens (tertiary/aromatic N) is 3. The fraction of sp³-hybridized carbons (Fsp3) is 0.412. The van der Waals surface area contributed by atoms with Gasteiger partial charge in [-0.15, -0.1) is 0 Å². The first-order chi connectivity index (χ1) is 11.6. The van der Waals surface area contributed by atoms with Gasteiger partial charge in [0.25, 0.3) is 11.6 Å². The lowest BCUT2D eigenvalue weighted by Gasteiger charge is -2.26. The number of nitro groups is 1. The molecule has 1 fully saturated rings. The number of hydrogen-bond donors (Lipinski definition) is 1. The average molecular weight is 328 g/mol. The van der Waals surface area contributed by atoms with Gasteiger partial charge in [-0.1, -0.05) is 6.42 Å². The highest BCUT2D eigenvalue weighted by Crippen LogP contribution is 2.14. The van der Waals surface area contributed by atoms with E-state index in [-0.39, 0.29) is 11.3 Å². The summed E-state index contributed by atoms with van der Waals surface area (Å²) < 4.78 is 0. The number of benzene rings is 1. The van der Waals surface area contributed by atoms with Crippen molar-refractivity contribution in [3.8, 4) is 6.07 Å². The maximum absolute atomic E-state index is 12.1. The second-order valence-electron chi connectivity index (χ2n) is 5.68. The first kappa shape index (κ1) is 17.6. The molecular weight excluding hydrogens is 308 g/mol. The van der Waals surface area contributed by atoms with E-state index in [1.807, 2.05) is 6.07 Å². The molecule has 126 valence electrons. The molecule has 1 heterocycles. The van der Waals surface area contributed by atoms with Crippen molar-refractivity contribution in [1.82, 2.24) is 10.2 Å². The molecule has 1 aliphatic rings. The van der Waals surface area contributed by atoms with Gasteiger partial charge in [-0.2, -0.15) is 5.26 Å². The summed E-state index contributed by atoms with van der Waals surface area (Å²) in [6.45, 7) is 3.39. The lowest BCUT2D eigenvalue weighted by atomic mass is 10.1. The minimum Gasteiger partial charge on any atom is -0.350 e. The highest BCUT2D eigenvalue weighted by atomic mass is 16.6. The number of likely N-dealkylation sites (tertiary alicyclic amines) is 1. The molecule has 0 aliphatic carbocycles. The van der Waals surface area contributed by atoms with Gasteiger partial charge in [-0.05, 0) is 49.7 Å². The number of nitro benzene ring substituents is 1. The summed E-state index contributed by atoms with van der Waals surface area (Å²) in [5, 5.41) is 22.5. The Hall–Kier alpha value is -2.72. The normalized spacial score (nSPS) is 15.5. The molecule has 0 bridgehead atoms. The molecule has 0 radical (unpaired) electrons. The third-order valence-corrected chi connectivity index (χ3v) is 3.94. The van der Waals surface area contributed by atoms with E-state index >= 15 is 0 Å². The molecule has 0 saturated carbocycles. The summed E-state index contributed by atoms with van der Waals surface area (Å²) in [6.07, 6.45) is 5.08. The second kappa shape index (κ2) is 8.79. The molecule has 0 aromatic heterocycles. The van der Waals surface area contributed by atoms with Crippen LogP contribution in [0.1, 0.15) is 24.8 Å². The van der Waals surface area contributed by atoms with Crippen LogP contribution in [0.25, 0.3) is 6.08 Å². The van der Waals surface area contributed by atoms with Crippen LogP contribution in [-0.2, 0) is 4.79 Å². The van der Waals surface area contributed by atoms with Gasteiger partial charge in [-0.25, -0.2) is 0 Å². The van der Waals surface area contributed by atoms with Gasteiger partial charge in [0, 0.05) is 25.2 Å². The number of non-ortho nitro benzene ring substituents is 1. The van der Waals surface area contributed by atoms with Crippen molar-refractivity contribution in [3.05, 3.63) is 45.5 Å². The monoisotopic (exact) mass is 328 g/mol. The lowest BCUT2D eigenvalue weighted by Crippen LogP contribution is -2.37. The Labute approximate surface area is 140 Å². The molecule has 2 rings (SSSR count). The molecule has 0 atom stereocenters. The zero-order valence-corrected chi connectivity index (χ0v) is 13.4. The predicted molar refractivity (Wildman–Crippen MR) is 90.0 cm³/mol. The van der Waals surface area contributed by atoms with Crippen LogP contribution in [0, 0.1) is 21.4 Å². The lowest BCUT2D eigenvalue weighted by molar-refractivity contribution is -0.384. The van der Waals surface area contributed by atoms with Crippen molar-refractivity contribution in [3.63, 3.8) is 0 Å². The van der Waals surface area contributed by atoms with E-state index in [1.54, 1.807) is 0 Å². The Balaban J connectivity index is 1.90. The fourth-order valence-electron chi connectivity index (χ4n) is 2.61. The number of nitrogens with one attached hydrogen (secondary N) is 1. The molecule has 7 nitrogen and oxygen atoms in total. The van der Waals surface area contributed by atoms with E-state index in [1.165, 1.54) is 49.6 Å². The van der Waals surface area contributed by atoms with E-state index in [0.717, 1.165) is 19.6 Å². The van der Waals surface area contributed by atoms with Crippen LogP contribution < -0.4 is 5.32 Å². The van der Waals surface area contributed by atoms with Crippen LogP contribution in [0.2, 0.25) is 0 Å². The summed E-state index contributed by atoms with van der Waals surface area (Å²) in [5.41, 5.74) is 0.530. The molecular formula is C17H20N4O3. The number of hydrogen-bond acceptors (Lipinski definition) is 5. The SMILES string of the molecule is N#CC(=Cc1ccc([N+](=O)[O-])cc1)C(=O)NCCN1CCCCC1.